The van der Waals surface area contributed by atoms with E-state index in [9.17, 15) is 15.0 Å². The number of hydrogen-bond donors (Lipinski definition) is 4. The summed E-state index contributed by atoms with van der Waals surface area (Å²) in [6.45, 7) is 4.81. The molecule has 4 heterocycles. The number of ether oxygens (including phenoxy) is 1. The Kier molecular flexibility index (Phi) is 8.14. The summed E-state index contributed by atoms with van der Waals surface area (Å²) < 4.78 is 6.58. The van der Waals surface area contributed by atoms with Crippen LogP contribution in [0.3, 0.4) is 0 Å². The van der Waals surface area contributed by atoms with Gasteiger partial charge in [0.05, 0.1) is 40.7 Å². The zero-order chi connectivity index (χ0) is 29.9. The number of aryl methyl sites for hydroxylation is 1. The van der Waals surface area contributed by atoms with E-state index in [0.29, 0.717) is 31.0 Å². The zero-order valence-corrected chi connectivity index (χ0v) is 24.3. The van der Waals surface area contributed by atoms with Crippen molar-refractivity contribution in [3.63, 3.8) is 0 Å². The zero-order valence-electron chi connectivity index (χ0n) is 23.5. The van der Waals surface area contributed by atoms with Crippen LogP contribution in [0.4, 0.5) is 11.8 Å². The number of para-hydroxylation sites is 1. The molecule has 1 amide bonds. The lowest BCUT2D eigenvalue weighted by atomic mass is 10.0. The summed E-state index contributed by atoms with van der Waals surface area (Å²) in [4.78, 5) is 33.9. The number of aliphatic hydroxyl groups is 1. The predicted molar refractivity (Wildman–Crippen MR) is 166 cm³/mol. The number of nitrogens with one attached hydrogen (secondary N) is 1. The number of nitrogens with zero attached hydrogens (tertiary/aromatic N) is 5. The summed E-state index contributed by atoms with van der Waals surface area (Å²) >= 11 is 1.64. The molecular weight excluding hydrogens is 566 g/mol. The smallest absolute Gasteiger partial charge is 0.255 e. The summed E-state index contributed by atoms with van der Waals surface area (Å²) in [6, 6.07) is 14.3. The van der Waals surface area contributed by atoms with Crippen molar-refractivity contribution >= 4 is 39.2 Å². The number of amides is 1. The lowest BCUT2D eigenvalue weighted by Gasteiger charge is -2.28. The molecule has 2 aromatic carbocycles. The van der Waals surface area contributed by atoms with Crippen molar-refractivity contribution < 1.29 is 19.7 Å². The number of morpholine rings is 1. The maximum absolute atomic E-state index is 12.4. The topological polar surface area (TPSA) is 160 Å². The van der Waals surface area contributed by atoms with Gasteiger partial charge in [-0.15, -0.1) is 11.3 Å². The van der Waals surface area contributed by atoms with Gasteiger partial charge in [0.25, 0.3) is 5.91 Å². The molecule has 1 atom stereocenters. The minimum atomic E-state index is -0.808. The van der Waals surface area contributed by atoms with E-state index in [1.54, 1.807) is 35.9 Å². The second-order valence-corrected chi connectivity index (χ2v) is 11.3. The van der Waals surface area contributed by atoms with Crippen LogP contribution < -0.4 is 16.0 Å². The Balaban J connectivity index is 1.28. The first-order valence-corrected chi connectivity index (χ1v) is 14.7. The van der Waals surface area contributed by atoms with E-state index in [0.717, 1.165) is 50.7 Å². The number of aliphatic hydroxyl groups excluding tert-OH is 1. The van der Waals surface area contributed by atoms with Crippen LogP contribution in [0.1, 0.15) is 21.5 Å². The number of nitrogens with two attached hydrogens (primary N) is 1. The average Bonchev–Trinajstić information content (AvgIpc) is 3.36. The van der Waals surface area contributed by atoms with Gasteiger partial charge >= 0.3 is 0 Å². The minimum absolute atomic E-state index is 0.0510. The van der Waals surface area contributed by atoms with Crippen LogP contribution in [0, 0.1) is 6.92 Å². The molecule has 1 aliphatic rings. The third kappa shape index (κ3) is 6.12. The summed E-state index contributed by atoms with van der Waals surface area (Å²) in [5, 5.41) is 23.3. The molecule has 12 heteroatoms. The van der Waals surface area contributed by atoms with E-state index < -0.39 is 12.0 Å². The molecule has 0 saturated carbocycles. The molecule has 0 spiro atoms. The number of carbonyl (C=O) groups is 1. The van der Waals surface area contributed by atoms with Crippen molar-refractivity contribution in [3.05, 3.63) is 77.6 Å². The van der Waals surface area contributed by atoms with Crippen molar-refractivity contribution in [1.82, 2.24) is 25.3 Å². The van der Waals surface area contributed by atoms with Crippen LogP contribution in [-0.4, -0.2) is 75.0 Å². The van der Waals surface area contributed by atoms with Gasteiger partial charge in [0.15, 0.2) is 11.6 Å². The number of anilines is 2. The molecule has 6 rings (SSSR count). The quantitative estimate of drug-likeness (QED) is 0.208. The Morgan fingerprint density at radius 2 is 1.86 bits per heavy atom. The minimum Gasteiger partial charge on any atom is -0.507 e. The van der Waals surface area contributed by atoms with Crippen LogP contribution in [0.25, 0.3) is 32.0 Å². The van der Waals surface area contributed by atoms with E-state index in [2.05, 4.69) is 33.2 Å². The van der Waals surface area contributed by atoms with Crippen molar-refractivity contribution in [1.29, 1.82) is 0 Å². The number of phenolic OH excluding ortho intramolecular Hbond substituents is 1. The van der Waals surface area contributed by atoms with Gasteiger partial charge in [-0.05, 0) is 35.7 Å². The molecular formula is C31H31N7O4S. The largest absolute Gasteiger partial charge is 0.507 e. The maximum Gasteiger partial charge on any atom is 0.255 e. The van der Waals surface area contributed by atoms with Gasteiger partial charge in [0.2, 0.25) is 5.95 Å². The highest BCUT2D eigenvalue weighted by Gasteiger charge is 2.23. The molecule has 220 valence electrons. The normalized spacial score (nSPS) is 14.1. The Morgan fingerprint density at radius 1 is 1.09 bits per heavy atom. The number of nitrogen functional groups attached to an aromatic ring is 1. The lowest BCUT2D eigenvalue weighted by molar-refractivity contribution is 0.0913. The van der Waals surface area contributed by atoms with Crippen LogP contribution in [0.5, 0.6) is 5.75 Å². The molecule has 11 nitrogen and oxygen atoms in total. The number of aromatic hydroxyl groups is 1. The SMILES string of the molecule is Cc1c(-c2cccc(CC(O)CNC(=O)c3ccccc3O)c2)sc2c(N3CCOCC3)nc(-c3cnc(N)nc3)nc12. The van der Waals surface area contributed by atoms with E-state index in [1.807, 2.05) is 18.2 Å². The third-order valence-corrected chi connectivity index (χ3v) is 8.62. The maximum atomic E-state index is 12.4. The van der Waals surface area contributed by atoms with E-state index >= 15 is 0 Å². The monoisotopic (exact) mass is 597 g/mol. The molecule has 43 heavy (non-hydrogen) atoms. The van der Waals surface area contributed by atoms with Gasteiger partial charge in [-0.2, -0.15) is 0 Å². The van der Waals surface area contributed by atoms with Gasteiger partial charge < -0.3 is 30.9 Å². The second kappa shape index (κ2) is 12.3. The first kappa shape index (κ1) is 28.5. The van der Waals surface area contributed by atoms with E-state index in [4.69, 9.17) is 20.4 Å². The highest BCUT2D eigenvalue weighted by molar-refractivity contribution is 7.23. The average molecular weight is 598 g/mol. The van der Waals surface area contributed by atoms with Gasteiger partial charge in [0, 0.05) is 43.3 Å². The van der Waals surface area contributed by atoms with Gasteiger partial charge in [0.1, 0.15) is 5.75 Å². The predicted octanol–water partition coefficient (Wildman–Crippen LogP) is 3.58. The van der Waals surface area contributed by atoms with Crippen molar-refractivity contribution in [3.8, 4) is 27.6 Å². The first-order valence-electron chi connectivity index (χ1n) is 13.9. The molecule has 0 aliphatic carbocycles. The number of hydrogen-bond acceptors (Lipinski definition) is 11. The van der Waals surface area contributed by atoms with Gasteiger partial charge in [-0.3, -0.25) is 4.79 Å². The van der Waals surface area contributed by atoms with Crippen LogP contribution in [0.15, 0.2) is 60.9 Å². The van der Waals surface area contributed by atoms with Crippen molar-refractivity contribution in [2.75, 3.05) is 43.5 Å². The summed E-state index contributed by atoms with van der Waals surface area (Å²) in [5.41, 5.74) is 10.4. The molecule has 0 bridgehead atoms. The fourth-order valence-electron chi connectivity index (χ4n) is 5.08. The molecule has 0 radical (unpaired) electrons. The summed E-state index contributed by atoms with van der Waals surface area (Å²) in [6.07, 6.45) is 2.81. The molecule has 5 aromatic rings. The first-order chi connectivity index (χ1) is 20.9. The van der Waals surface area contributed by atoms with Crippen molar-refractivity contribution in [2.45, 2.75) is 19.4 Å². The number of rotatable bonds is 8. The van der Waals surface area contributed by atoms with Crippen LogP contribution in [-0.2, 0) is 11.2 Å². The Hall–Kier alpha value is -4.65. The summed E-state index contributed by atoms with van der Waals surface area (Å²) in [7, 11) is 0. The molecule has 1 saturated heterocycles. The number of fused-ring (bicyclic) bond motifs is 1. The highest BCUT2D eigenvalue weighted by Crippen LogP contribution is 2.42. The number of thiophene rings is 1. The fraction of sp³-hybridized carbons (Fsp3) is 0.258. The van der Waals surface area contributed by atoms with Gasteiger partial charge in [-0.1, -0.05) is 36.4 Å². The number of carbonyl (C=O) groups excluding carboxylic acids is 1. The number of phenols is 1. The standard InChI is InChI=1S/C31H31N7O4S/c1-18-25-27(29(38-9-11-42-12-10-38)37-28(36-25)21-15-34-31(32)35-16-21)43-26(18)20-6-4-5-19(13-20)14-22(39)17-33-30(41)23-7-2-3-8-24(23)40/h2-8,13,15-16,22,39-40H,9-12,14,17H2,1H3,(H,33,41)(H2,32,34,35). The molecule has 1 aliphatic heterocycles. The molecule has 1 fully saturated rings. The fourth-order valence-corrected chi connectivity index (χ4v) is 6.34. The Bertz CT molecular complexity index is 1770. The van der Waals surface area contributed by atoms with Gasteiger partial charge in [-0.25, -0.2) is 19.9 Å². The molecule has 1 unspecified atom stereocenters. The van der Waals surface area contributed by atoms with E-state index in [1.165, 1.54) is 12.1 Å². The molecule has 5 N–H and O–H groups in total. The highest BCUT2D eigenvalue weighted by atomic mass is 32.1. The second-order valence-electron chi connectivity index (χ2n) is 10.3. The van der Waals surface area contributed by atoms with Crippen molar-refractivity contribution in [2.24, 2.45) is 0 Å². The Morgan fingerprint density at radius 3 is 2.63 bits per heavy atom. The number of aromatic nitrogens is 4. The number of benzene rings is 2. The molecule has 3 aromatic heterocycles. The third-order valence-electron chi connectivity index (χ3n) is 7.30. The summed E-state index contributed by atoms with van der Waals surface area (Å²) in [5.74, 6) is 1.04. The van der Waals surface area contributed by atoms with Crippen LogP contribution >= 0.6 is 11.3 Å². The lowest BCUT2D eigenvalue weighted by Crippen LogP contribution is -2.36. The van der Waals surface area contributed by atoms with E-state index in [-0.39, 0.29) is 23.8 Å². The van der Waals surface area contributed by atoms with Crippen LogP contribution in [0.2, 0.25) is 0 Å². The Labute approximate surface area is 252 Å².